The number of benzene rings is 1. The molecule has 0 bridgehead atoms. The molecule has 1 unspecified atom stereocenters. The van der Waals surface area contributed by atoms with Crippen molar-refractivity contribution in [3.8, 4) is 0 Å². The Labute approximate surface area is 88.8 Å². The van der Waals surface area contributed by atoms with Crippen molar-refractivity contribution in [2.75, 3.05) is 7.11 Å². The van der Waals surface area contributed by atoms with Gasteiger partial charge in [-0.05, 0) is 30.5 Å². The first-order valence-electron chi connectivity index (χ1n) is 4.36. The highest BCUT2D eigenvalue weighted by molar-refractivity contribution is 6.30. The summed E-state index contributed by atoms with van der Waals surface area (Å²) in [5.41, 5.74) is 2.87. The van der Waals surface area contributed by atoms with Gasteiger partial charge in [-0.2, -0.15) is 0 Å². The van der Waals surface area contributed by atoms with Crippen molar-refractivity contribution in [2.45, 2.75) is 19.2 Å². The summed E-state index contributed by atoms with van der Waals surface area (Å²) in [6.07, 6.45) is 0. The molecule has 0 fully saturated rings. The molecule has 0 aliphatic rings. The number of ether oxygens (including phenoxy) is 1. The lowest BCUT2D eigenvalue weighted by molar-refractivity contribution is -0.140. The minimum absolute atomic E-state index is 0.413. The standard InChI is InChI=1S/C11H13ClO2/c1-7-5-4-6-8(2)9(7)10(12)11(13)14-3/h4-6,10H,1-3H3. The molecular formula is C11H13ClO2. The maximum atomic E-state index is 11.3. The van der Waals surface area contributed by atoms with Crippen molar-refractivity contribution in [1.29, 1.82) is 0 Å². The molecule has 1 aromatic rings. The Hall–Kier alpha value is -1.02. The van der Waals surface area contributed by atoms with Gasteiger partial charge in [-0.25, -0.2) is 0 Å². The van der Waals surface area contributed by atoms with E-state index in [4.69, 9.17) is 11.6 Å². The summed E-state index contributed by atoms with van der Waals surface area (Å²) in [7, 11) is 1.34. The molecule has 0 spiro atoms. The first-order chi connectivity index (χ1) is 6.57. The highest BCUT2D eigenvalue weighted by Crippen LogP contribution is 2.27. The van der Waals surface area contributed by atoms with Crippen LogP contribution in [0, 0.1) is 13.8 Å². The molecule has 0 aromatic heterocycles. The number of aryl methyl sites for hydroxylation is 2. The summed E-state index contributed by atoms with van der Waals surface area (Å²) in [6.45, 7) is 3.86. The summed E-state index contributed by atoms with van der Waals surface area (Å²) >= 11 is 5.99. The molecule has 76 valence electrons. The highest BCUT2D eigenvalue weighted by Gasteiger charge is 2.21. The number of esters is 1. The minimum atomic E-state index is -0.707. The molecule has 1 rings (SSSR count). The van der Waals surface area contributed by atoms with E-state index in [1.54, 1.807) is 0 Å². The van der Waals surface area contributed by atoms with E-state index < -0.39 is 11.3 Å². The lowest BCUT2D eigenvalue weighted by Crippen LogP contribution is -2.11. The predicted molar refractivity (Wildman–Crippen MR) is 56.5 cm³/mol. The number of rotatable bonds is 2. The number of hydrogen-bond acceptors (Lipinski definition) is 2. The molecule has 0 saturated carbocycles. The number of halogens is 1. The van der Waals surface area contributed by atoms with E-state index in [9.17, 15) is 4.79 Å². The first-order valence-corrected chi connectivity index (χ1v) is 4.79. The predicted octanol–water partition coefficient (Wildman–Crippen LogP) is 2.76. The third-order valence-electron chi connectivity index (χ3n) is 2.20. The monoisotopic (exact) mass is 212 g/mol. The number of methoxy groups -OCH3 is 1. The summed E-state index contributed by atoms with van der Waals surface area (Å²) in [5.74, 6) is -0.413. The Balaban J connectivity index is 3.11. The van der Waals surface area contributed by atoms with E-state index in [2.05, 4.69) is 4.74 Å². The topological polar surface area (TPSA) is 26.3 Å². The minimum Gasteiger partial charge on any atom is -0.468 e. The molecule has 1 aromatic carbocycles. The van der Waals surface area contributed by atoms with Gasteiger partial charge in [-0.1, -0.05) is 18.2 Å². The Bertz CT molecular complexity index is 327. The summed E-state index contributed by atoms with van der Waals surface area (Å²) in [5, 5.41) is -0.707. The van der Waals surface area contributed by atoms with Crippen molar-refractivity contribution in [1.82, 2.24) is 0 Å². The van der Waals surface area contributed by atoms with E-state index in [0.29, 0.717) is 0 Å². The fourth-order valence-corrected chi connectivity index (χ4v) is 1.88. The fourth-order valence-electron chi connectivity index (χ4n) is 1.45. The molecule has 0 N–H and O–H groups in total. The van der Waals surface area contributed by atoms with E-state index in [1.165, 1.54) is 7.11 Å². The van der Waals surface area contributed by atoms with Crippen molar-refractivity contribution in [2.24, 2.45) is 0 Å². The Morgan fingerprint density at radius 1 is 1.36 bits per heavy atom. The highest BCUT2D eigenvalue weighted by atomic mass is 35.5. The van der Waals surface area contributed by atoms with Crippen LogP contribution < -0.4 is 0 Å². The zero-order valence-electron chi connectivity index (χ0n) is 8.50. The van der Waals surface area contributed by atoms with Crippen LogP contribution in [0.3, 0.4) is 0 Å². The quantitative estimate of drug-likeness (QED) is 0.557. The van der Waals surface area contributed by atoms with E-state index >= 15 is 0 Å². The molecule has 1 atom stereocenters. The molecule has 0 amide bonds. The second-order valence-electron chi connectivity index (χ2n) is 3.19. The van der Waals surface area contributed by atoms with Crippen molar-refractivity contribution < 1.29 is 9.53 Å². The van der Waals surface area contributed by atoms with Gasteiger partial charge in [0.25, 0.3) is 0 Å². The summed E-state index contributed by atoms with van der Waals surface area (Å²) in [4.78, 5) is 11.3. The van der Waals surface area contributed by atoms with E-state index in [-0.39, 0.29) is 0 Å². The van der Waals surface area contributed by atoms with Gasteiger partial charge in [0.05, 0.1) is 7.11 Å². The van der Waals surface area contributed by atoms with E-state index in [0.717, 1.165) is 16.7 Å². The third-order valence-corrected chi connectivity index (χ3v) is 2.60. The molecular weight excluding hydrogens is 200 g/mol. The number of carbonyl (C=O) groups is 1. The van der Waals surface area contributed by atoms with Crippen LogP contribution in [0.25, 0.3) is 0 Å². The van der Waals surface area contributed by atoms with Crippen LogP contribution in [-0.2, 0) is 9.53 Å². The van der Waals surface area contributed by atoms with Crippen LogP contribution in [0.2, 0.25) is 0 Å². The van der Waals surface area contributed by atoms with Gasteiger partial charge in [0, 0.05) is 0 Å². The number of alkyl halides is 1. The Kier molecular flexibility index (Phi) is 3.53. The van der Waals surface area contributed by atoms with Gasteiger partial charge >= 0.3 is 5.97 Å². The van der Waals surface area contributed by atoms with Crippen LogP contribution in [-0.4, -0.2) is 13.1 Å². The number of hydrogen-bond donors (Lipinski definition) is 0. The van der Waals surface area contributed by atoms with Gasteiger partial charge in [0.15, 0.2) is 5.38 Å². The first kappa shape index (κ1) is 11.1. The molecule has 2 nitrogen and oxygen atoms in total. The molecule has 0 radical (unpaired) electrons. The zero-order valence-corrected chi connectivity index (χ0v) is 9.26. The van der Waals surface area contributed by atoms with Gasteiger partial charge in [0.1, 0.15) is 0 Å². The zero-order chi connectivity index (χ0) is 10.7. The van der Waals surface area contributed by atoms with Crippen LogP contribution in [0.1, 0.15) is 22.1 Å². The van der Waals surface area contributed by atoms with Crippen molar-refractivity contribution in [3.63, 3.8) is 0 Å². The van der Waals surface area contributed by atoms with Crippen molar-refractivity contribution in [3.05, 3.63) is 34.9 Å². The summed E-state index contributed by atoms with van der Waals surface area (Å²) < 4.78 is 4.61. The maximum absolute atomic E-state index is 11.3. The third kappa shape index (κ3) is 2.07. The van der Waals surface area contributed by atoms with Gasteiger partial charge in [0.2, 0.25) is 0 Å². The van der Waals surface area contributed by atoms with Crippen LogP contribution in [0.4, 0.5) is 0 Å². The van der Waals surface area contributed by atoms with E-state index in [1.807, 2.05) is 32.0 Å². The number of carbonyl (C=O) groups excluding carboxylic acids is 1. The Morgan fingerprint density at radius 2 is 1.86 bits per heavy atom. The SMILES string of the molecule is COC(=O)C(Cl)c1c(C)cccc1C. The van der Waals surface area contributed by atoms with Crippen LogP contribution in [0.5, 0.6) is 0 Å². The smallest absolute Gasteiger partial charge is 0.328 e. The average molecular weight is 213 g/mol. The Morgan fingerprint density at radius 3 is 2.29 bits per heavy atom. The summed E-state index contributed by atoms with van der Waals surface area (Å²) in [6, 6.07) is 5.80. The largest absolute Gasteiger partial charge is 0.468 e. The second-order valence-corrected chi connectivity index (χ2v) is 3.63. The van der Waals surface area contributed by atoms with Crippen molar-refractivity contribution >= 4 is 17.6 Å². The lowest BCUT2D eigenvalue weighted by atomic mass is 10.00. The fraction of sp³-hybridized carbons (Fsp3) is 0.364. The molecule has 14 heavy (non-hydrogen) atoms. The lowest BCUT2D eigenvalue weighted by Gasteiger charge is -2.13. The van der Waals surface area contributed by atoms with Gasteiger partial charge in [-0.3, -0.25) is 4.79 Å². The van der Waals surface area contributed by atoms with Gasteiger partial charge in [-0.15, -0.1) is 11.6 Å². The maximum Gasteiger partial charge on any atom is 0.328 e. The molecule has 0 saturated heterocycles. The normalized spacial score (nSPS) is 12.3. The van der Waals surface area contributed by atoms with Crippen LogP contribution in [0.15, 0.2) is 18.2 Å². The van der Waals surface area contributed by atoms with Crippen LogP contribution >= 0.6 is 11.6 Å². The molecule has 3 heteroatoms. The molecule has 0 aliphatic heterocycles. The molecule has 0 aliphatic carbocycles. The second kappa shape index (κ2) is 4.47. The molecule has 0 heterocycles. The van der Waals surface area contributed by atoms with Gasteiger partial charge < -0.3 is 4.74 Å². The average Bonchev–Trinajstić information content (AvgIpc) is 2.16.